The van der Waals surface area contributed by atoms with Crippen LogP contribution in [0.2, 0.25) is 0 Å². The summed E-state index contributed by atoms with van der Waals surface area (Å²) in [5, 5.41) is 7.58. The number of hydrogen-bond donors (Lipinski definition) is 1. The first-order chi connectivity index (χ1) is 17.0. The average Bonchev–Trinajstić information content (AvgIpc) is 3.19. The normalized spacial score (nSPS) is 11.6. The zero-order valence-corrected chi connectivity index (χ0v) is 21.2. The minimum Gasteiger partial charge on any atom is -0.461 e. The Labute approximate surface area is 213 Å². The number of nitrogens with zero attached hydrogens (tertiary/aromatic N) is 2. The monoisotopic (exact) mass is 531 g/mol. The van der Waals surface area contributed by atoms with E-state index in [9.17, 15) is 9.59 Å². The Morgan fingerprint density at radius 2 is 1.60 bits per heavy atom. The number of halogens is 1. The van der Waals surface area contributed by atoms with Crippen molar-refractivity contribution in [1.29, 1.82) is 0 Å². The van der Waals surface area contributed by atoms with Gasteiger partial charge in [-0.2, -0.15) is 5.10 Å². The molecule has 178 valence electrons. The number of rotatable bonds is 8. The molecule has 0 saturated carbocycles. The second kappa shape index (κ2) is 11.1. The summed E-state index contributed by atoms with van der Waals surface area (Å²) in [4.78, 5) is 25.3. The van der Waals surface area contributed by atoms with Crippen LogP contribution in [-0.2, 0) is 11.2 Å². The molecule has 1 unspecified atom stereocenters. The highest BCUT2D eigenvalue weighted by atomic mass is 79.9. The van der Waals surface area contributed by atoms with Crippen molar-refractivity contribution < 1.29 is 14.3 Å². The molecule has 6 nitrogen and oxygen atoms in total. The molecule has 35 heavy (non-hydrogen) atoms. The van der Waals surface area contributed by atoms with E-state index < -0.39 is 5.97 Å². The third-order valence-corrected chi connectivity index (χ3v) is 6.63. The maximum Gasteiger partial charge on any atom is 0.360 e. The average molecular weight is 532 g/mol. The van der Waals surface area contributed by atoms with Gasteiger partial charge in [0.1, 0.15) is 0 Å². The van der Waals surface area contributed by atoms with Crippen molar-refractivity contribution in [2.45, 2.75) is 26.3 Å². The zero-order chi connectivity index (χ0) is 24.8. The lowest BCUT2D eigenvalue weighted by molar-refractivity contribution is 0.0517. The van der Waals surface area contributed by atoms with Crippen LogP contribution in [0, 0.1) is 6.92 Å². The summed E-state index contributed by atoms with van der Waals surface area (Å²) in [6.07, 6.45) is 0.686. The van der Waals surface area contributed by atoms with Crippen molar-refractivity contribution in [3.63, 3.8) is 0 Å². The zero-order valence-electron chi connectivity index (χ0n) is 19.6. The molecule has 4 rings (SSSR count). The summed E-state index contributed by atoms with van der Waals surface area (Å²) in [6.45, 7) is 3.88. The van der Waals surface area contributed by atoms with E-state index in [0.717, 1.165) is 22.5 Å². The first-order valence-corrected chi connectivity index (χ1v) is 12.2. The minimum atomic E-state index is -0.484. The molecule has 0 saturated heterocycles. The van der Waals surface area contributed by atoms with Crippen LogP contribution in [-0.4, -0.2) is 28.3 Å². The van der Waals surface area contributed by atoms with Gasteiger partial charge in [0.05, 0.1) is 28.5 Å². The van der Waals surface area contributed by atoms with Gasteiger partial charge >= 0.3 is 5.97 Å². The van der Waals surface area contributed by atoms with Crippen molar-refractivity contribution >= 4 is 27.8 Å². The molecule has 3 aromatic carbocycles. The van der Waals surface area contributed by atoms with Gasteiger partial charge in [-0.15, -0.1) is 0 Å². The molecule has 1 N–H and O–H groups in total. The molecule has 0 fully saturated rings. The highest BCUT2D eigenvalue weighted by molar-refractivity contribution is 9.10. The van der Waals surface area contributed by atoms with Crippen LogP contribution >= 0.6 is 15.9 Å². The van der Waals surface area contributed by atoms with Gasteiger partial charge < -0.3 is 10.1 Å². The summed E-state index contributed by atoms with van der Waals surface area (Å²) in [5.74, 6) is -0.644. The van der Waals surface area contributed by atoms with E-state index in [-0.39, 0.29) is 24.2 Å². The molecule has 4 aromatic rings. The number of hydrogen-bond acceptors (Lipinski definition) is 4. The number of aromatic nitrogens is 2. The van der Waals surface area contributed by atoms with Gasteiger partial charge in [0.25, 0.3) is 5.91 Å². The fourth-order valence-electron chi connectivity index (χ4n) is 3.85. The van der Waals surface area contributed by atoms with Crippen LogP contribution in [0.3, 0.4) is 0 Å². The molecule has 0 bridgehead atoms. The maximum absolute atomic E-state index is 13.2. The summed E-state index contributed by atoms with van der Waals surface area (Å²) >= 11 is 3.43. The van der Waals surface area contributed by atoms with E-state index in [4.69, 9.17) is 4.74 Å². The topological polar surface area (TPSA) is 73.2 Å². The molecule has 0 spiro atoms. The number of ether oxygens (including phenoxy) is 1. The van der Waals surface area contributed by atoms with Crippen LogP contribution in [0.15, 0.2) is 89.4 Å². The number of benzene rings is 3. The number of amides is 1. The quantitative estimate of drug-likeness (QED) is 0.290. The lowest BCUT2D eigenvalue weighted by Crippen LogP contribution is -2.30. The van der Waals surface area contributed by atoms with Crippen LogP contribution in [0.1, 0.15) is 50.6 Å². The van der Waals surface area contributed by atoms with Crippen molar-refractivity contribution in [2.75, 3.05) is 6.61 Å². The Bertz CT molecular complexity index is 1300. The summed E-state index contributed by atoms with van der Waals surface area (Å²) in [6, 6.07) is 27.0. The van der Waals surface area contributed by atoms with Gasteiger partial charge in [0.15, 0.2) is 5.69 Å². The second-order valence-corrected chi connectivity index (χ2v) is 8.85. The van der Waals surface area contributed by atoms with E-state index in [1.165, 1.54) is 0 Å². The smallest absolute Gasteiger partial charge is 0.360 e. The highest BCUT2D eigenvalue weighted by Crippen LogP contribution is 2.25. The van der Waals surface area contributed by atoms with E-state index in [1.54, 1.807) is 23.7 Å². The molecule has 7 heteroatoms. The van der Waals surface area contributed by atoms with Gasteiger partial charge in [-0.1, -0.05) is 60.7 Å². The summed E-state index contributed by atoms with van der Waals surface area (Å²) in [5.41, 5.74) is 4.45. The Hall–Kier alpha value is -3.71. The van der Waals surface area contributed by atoms with E-state index in [1.807, 2.05) is 67.6 Å². The molecule has 0 aliphatic rings. The standard InChI is InChI=1S/C28H26BrN3O3/c1-3-35-28(34)26-25(29)19(2)32(31-26)23-16-14-22(15-17-23)27(33)30-24(21-12-8-5-9-13-21)18-20-10-6-4-7-11-20/h4-17,24H,3,18H2,1-2H3,(H,30,33). The SMILES string of the molecule is CCOC(=O)c1nn(-c2ccc(C(=O)NC(Cc3ccccc3)c3ccccc3)cc2)c(C)c1Br. The molecule has 0 radical (unpaired) electrons. The van der Waals surface area contributed by atoms with Crippen molar-refractivity contribution in [3.05, 3.63) is 117 Å². The lowest BCUT2D eigenvalue weighted by atomic mass is 9.98. The highest BCUT2D eigenvalue weighted by Gasteiger charge is 2.21. The van der Waals surface area contributed by atoms with Crippen molar-refractivity contribution in [3.8, 4) is 5.69 Å². The van der Waals surface area contributed by atoms with Crippen LogP contribution < -0.4 is 5.32 Å². The fraction of sp³-hybridized carbons (Fsp3) is 0.179. The Morgan fingerprint density at radius 1 is 0.971 bits per heavy atom. The molecule has 1 aromatic heterocycles. The Morgan fingerprint density at radius 3 is 2.23 bits per heavy atom. The van der Waals surface area contributed by atoms with Gasteiger partial charge in [-0.25, -0.2) is 9.48 Å². The van der Waals surface area contributed by atoms with Gasteiger partial charge in [0, 0.05) is 5.56 Å². The van der Waals surface area contributed by atoms with Crippen LogP contribution in [0.25, 0.3) is 5.69 Å². The Balaban J connectivity index is 1.54. The second-order valence-electron chi connectivity index (χ2n) is 8.05. The molecule has 0 aliphatic carbocycles. The first-order valence-electron chi connectivity index (χ1n) is 11.4. The van der Waals surface area contributed by atoms with Crippen LogP contribution in [0.4, 0.5) is 0 Å². The molecule has 1 amide bonds. The Kier molecular flexibility index (Phi) is 7.77. The molecule has 1 heterocycles. The molecule has 0 aliphatic heterocycles. The van der Waals surface area contributed by atoms with E-state index in [2.05, 4.69) is 38.5 Å². The predicted octanol–water partition coefficient (Wildman–Crippen LogP) is 5.83. The number of carbonyl (C=O) groups is 2. The van der Waals surface area contributed by atoms with Crippen molar-refractivity contribution in [1.82, 2.24) is 15.1 Å². The maximum atomic E-state index is 13.2. The molecular weight excluding hydrogens is 506 g/mol. The van der Waals surface area contributed by atoms with Gasteiger partial charge in [0.2, 0.25) is 0 Å². The van der Waals surface area contributed by atoms with Gasteiger partial charge in [-0.3, -0.25) is 4.79 Å². The minimum absolute atomic E-state index is 0.160. The van der Waals surface area contributed by atoms with E-state index >= 15 is 0 Å². The number of esters is 1. The summed E-state index contributed by atoms with van der Waals surface area (Å²) < 4.78 is 7.32. The fourth-order valence-corrected chi connectivity index (χ4v) is 4.26. The van der Waals surface area contributed by atoms with E-state index in [0.29, 0.717) is 16.5 Å². The predicted molar refractivity (Wildman–Crippen MR) is 139 cm³/mol. The third kappa shape index (κ3) is 5.69. The van der Waals surface area contributed by atoms with Crippen molar-refractivity contribution in [2.24, 2.45) is 0 Å². The summed E-state index contributed by atoms with van der Waals surface area (Å²) in [7, 11) is 0. The third-order valence-electron chi connectivity index (χ3n) is 5.68. The lowest BCUT2D eigenvalue weighted by Gasteiger charge is -2.20. The largest absolute Gasteiger partial charge is 0.461 e. The molecule has 1 atom stereocenters. The van der Waals surface area contributed by atoms with Crippen LogP contribution in [0.5, 0.6) is 0 Å². The number of carbonyl (C=O) groups excluding carboxylic acids is 2. The number of nitrogens with one attached hydrogen (secondary N) is 1. The molecular formula is C28H26BrN3O3. The first kappa shape index (κ1) is 24.4. The van der Waals surface area contributed by atoms with Gasteiger partial charge in [-0.05, 0) is 71.6 Å².